The molecule has 1 aliphatic carbocycles. The van der Waals surface area contributed by atoms with Gasteiger partial charge in [0, 0.05) is 22.5 Å². The van der Waals surface area contributed by atoms with Crippen LogP contribution >= 0.6 is 11.3 Å². The number of ether oxygens (including phenoxy) is 1. The summed E-state index contributed by atoms with van der Waals surface area (Å²) in [6.07, 6.45) is 9.21. The first-order valence-electron chi connectivity index (χ1n) is 9.24. The maximum absolute atomic E-state index is 12.7. The lowest BCUT2D eigenvalue weighted by Crippen LogP contribution is -2.43. The van der Waals surface area contributed by atoms with Gasteiger partial charge in [-0.2, -0.15) is 0 Å². The summed E-state index contributed by atoms with van der Waals surface area (Å²) in [6, 6.07) is 8.31. The van der Waals surface area contributed by atoms with Gasteiger partial charge in [0.15, 0.2) is 0 Å². The summed E-state index contributed by atoms with van der Waals surface area (Å²) in [5.74, 6) is -0.0542. The summed E-state index contributed by atoms with van der Waals surface area (Å²) in [5, 5.41) is 4.70. The molecule has 1 aromatic carbocycles. The number of rotatable bonds is 2. The van der Waals surface area contributed by atoms with Gasteiger partial charge >= 0.3 is 5.97 Å². The van der Waals surface area contributed by atoms with Crippen molar-refractivity contribution in [3.05, 3.63) is 34.7 Å². The summed E-state index contributed by atoms with van der Waals surface area (Å²) >= 11 is 1.84. The topological polar surface area (TPSA) is 38.3 Å². The number of carbonyl (C=O) groups is 1. The third kappa shape index (κ3) is 3.35. The maximum atomic E-state index is 12.7. The molecule has 0 bridgehead atoms. The van der Waals surface area contributed by atoms with E-state index in [1.54, 1.807) is 0 Å². The van der Waals surface area contributed by atoms with Crippen LogP contribution in [0.25, 0.3) is 10.1 Å². The van der Waals surface area contributed by atoms with Crippen LogP contribution in [0.5, 0.6) is 0 Å². The minimum absolute atomic E-state index is 0.0542. The molecule has 24 heavy (non-hydrogen) atoms. The van der Waals surface area contributed by atoms with Gasteiger partial charge in [-0.25, -0.2) is 0 Å². The molecule has 1 aliphatic heterocycles. The van der Waals surface area contributed by atoms with Crippen LogP contribution in [0.4, 0.5) is 0 Å². The number of nitrogens with one attached hydrogen (secondary N) is 1. The number of hydrogen-bond acceptors (Lipinski definition) is 4. The van der Waals surface area contributed by atoms with Gasteiger partial charge in [-0.1, -0.05) is 37.5 Å². The Hall–Kier alpha value is -1.39. The Morgan fingerprint density at radius 3 is 2.67 bits per heavy atom. The van der Waals surface area contributed by atoms with E-state index < -0.39 is 0 Å². The predicted molar refractivity (Wildman–Crippen MR) is 98.4 cm³/mol. The van der Waals surface area contributed by atoms with Crippen LogP contribution in [0.2, 0.25) is 0 Å². The van der Waals surface area contributed by atoms with E-state index in [1.165, 1.54) is 52.6 Å². The molecule has 0 spiro atoms. The highest BCUT2D eigenvalue weighted by molar-refractivity contribution is 7.19. The third-order valence-electron chi connectivity index (χ3n) is 5.32. The molecule has 0 radical (unpaired) electrons. The molecule has 1 atom stereocenters. The molecule has 2 aromatic rings. The molecule has 1 saturated carbocycles. The smallest absolute Gasteiger partial charge is 0.323 e. The van der Waals surface area contributed by atoms with Gasteiger partial charge in [0.05, 0.1) is 0 Å². The molecule has 4 rings (SSSR count). The SMILES string of the molecule is O=C(OC1CCCCCCC1)[C@H]1Cc2c(sc3ccccc23)CN1. The van der Waals surface area contributed by atoms with Crippen LogP contribution in [0.1, 0.15) is 55.4 Å². The van der Waals surface area contributed by atoms with Gasteiger partial charge in [0.25, 0.3) is 0 Å². The fraction of sp³-hybridized carbons (Fsp3) is 0.550. The van der Waals surface area contributed by atoms with Crippen molar-refractivity contribution in [2.24, 2.45) is 0 Å². The van der Waals surface area contributed by atoms with E-state index in [-0.39, 0.29) is 18.1 Å². The minimum atomic E-state index is -0.194. The lowest BCUT2D eigenvalue weighted by molar-refractivity contribution is -0.152. The van der Waals surface area contributed by atoms with E-state index in [1.807, 2.05) is 11.3 Å². The molecule has 0 unspecified atom stereocenters. The van der Waals surface area contributed by atoms with E-state index >= 15 is 0 Å². The summed E-state index contributed by atoms with van der Waals surface area (Å²) < 4.78 is 7.19. The molecule has 4 heteroatoms. The standard InChI is InChI=1S/C20H25NO2S/c22-20(23-14-8-4-2-1-3-5-9-14)17-12-16-15-10-6-7-11-18(15)24-19(16)13-21-17/h6-7,10-11,14,17,21H,1-5,8-9,12-13H2/t17-/m1/s1. The lowest BCUT2D eigenvalue weighted by atomic mass is 9.97. The van der Waals surface area contributed by atoms with Crippen molar-refractivity contribution in [3.63, 3.8) is 0 Å². The van der Waals surface area contributed by atoms with Crippen molar-refractivity contribution in [1.29, 1.82) is 0 Å². The van der Waals surface area contributed by atoms with Crippen molar-refractivity contribution in [3.8, 4) is 0 Å². The number of benzene rings is 1. The Bertz CT molecular complexity index is 715. The Morgan fingerprint density at radius 1 is 1.08 bits per heavy atom. The van der Waals surface area contributed by atoms with Crippen molar-refractivity contribution >= 4 is 27.4 Å². The van der Waals surface area contributed by atoms with Crippen LogP contribution < -0.4 is 5.32 Å². The quantitative estimate of drug-likeness (QED) is 0.812. The normalized spacial score (nSPS) is 22.6. The summed E-state index contributed by atoms with van der Waals surface area (Å²) in [4.78, 5) is 14.0. The third-order valence-corrected chi connectivity index (χ3v) is 6.53. The maximum Gasteiger partial charge on any atom is 0.323 e. The molecule has 1 aromatic heterocycles. The molecule has 2 heterocycles. The van der Waals surface area contributed by atoms with Gasteiger partial charge in [0.2, 0.25) is 0 Å². The fourth-order valence-electron chi connectivity index (χ4n) is 3.96. The van der Waals surface area contributed by atoms with Crippen LogP contribution in [0, 0.1) is 0 Å². The molecule has 0 amide bonds. The lowest BCUT2D eigenvalue weighted by Gasteiger charge is -2.26. The monoisotopic (exact) mass is 343 g/mol. The van der Waals surface area contributed by atoms with Gasteiger partial charge in [-0.15, -0.1) is 11.3 Å². The van der Waals surface area contributed by atoms with Crippen molar-refractivity contribution in [2.45, 2.75) is 70.1 Å². The summed E-state index contributed by atoms with van der Waals surface area (Å²) in [6.45, 7) is 0.777. The van der Waals surface area contributed by atoms with E-state index in [0.29, 0.717) is 0 Å². The number of hydrogen-bond donors (Lipinski definition) is 1. The van der Waals surface area contributed by atoms with Crippen LogP contribution in [0.3, 0.4) is 0 Å². The summed E-state index contributed by atoms with van der Waals surface area (Å²) in [7, 11) is 0. The second-order valence-electron chi connectivity index (χ2n) is 7.04. The summed E-state index contributed by atoms with van der Waals surface area (Å²) in [5.41, 5.74) is 1.34. The zero-order valence-corrected chi connectivity index (χ0v) is 14.9. The minimum Gasteiger partial charge on any atom is -0.461 e. The zero-order valence-electron chi connectivity index (χ0n) is 14.1. The number of fused-ring (bicyclic) bond motifs is 3. The number of thiophene rings is 1. The van der Waals surface area contributed by atoms with Gasteiger partial charge in [-0.05, 0) is 42.7 Å². The van der Waals surface area contributed by atoms with E-state index in [9.17, 15) is 4.79 Å². The molecular formula is C20H25NO2S. The number of esters is 1. The second-order valence-corrected chi connectivity index (χ2v) is 8.18. The van der Waals surface area contributed by atoms with Gasteiger partial charge in [0.1, 0.15) is 12.1 Å². The first-order chi connectivity index (χ1) is 11.8. The highest BCUT2D eigenvalue weighted by Gasteiger charge is 2.29. The Kier molecular flexibility index (Phi) is 4.86. The molecule has 128 valence electrons. The fourth-order valence-corrected chi connectivity index (χ4v) is 5.14. The molecule has 0 saturated heterocycles. The highest BCUT2D eigenvalue weighted by Crippen LogP contribution is 2.34. The van der Waals surface area contributed by atoms with Gasteiger partial charge in [-0.3, -0.25) is 10.1 Å². The highest BCUT2D eigenvalue weighted by atomic mass is 32.1. The molecular weight excluding hydrogens is 318 g/mol. The van der Waals surface area contributed by atoms with E-state index in [2.05, 4.69) is 29.6 Å². The molecule has 1 N–H and O–H groups in total. The van der Waals surface area contributed by atoms with Crippen LogP contribution in [0.15, 0.2) is 24.3 Å². The first-order valence-corrected chi connectivity index (χ1v) is 10.1. The number of carbonyl (C=O) groups excluding carboxylic acids is 1. The predicted octanol–water partition coefficient (Wildman–Crippen LogP) is 4.57. The first kappa shape index (κ1) is 16.1. The Labute approximate surface area is 147 Å². The van der Waals surface area contributed by atoms with E-state index in [4.69, 9.17) is 4.74 Å². The average Bonchev–Trinajstić information content (AvgIpc) is 2.95. The second kappa shape index (κ2) is 7.24. The van der Waals surface area contributed by atoms with Crippen molar-refractivity contribution in [1.82, 2.24) is 5.32 Å². The van der Waals surface area contributed by atoms with Gasteiger partial charge < -0.3 is 4.74 Å². The van der Waals surface area contributed by atoms with Crippen LogP contribution in [-0.4, -0.2) is 18.1 Å². The van der Waals surface area contributed by atoms with E-state index in [0.717, 1.165) is 25.8 Å². The Balaban J connectivity index is 1.44. The molecule has 3 nitrogen and oxygen atoms in total. The Morgan fingerprint density at radius 2 is 1.83 bits per heavy atom. The van der Waals surface area contributed by atoms with Crippen molar-refractivity contribution < 1.29 is 9.53 Å². The largest absolute Gasteiger partial charge is 0.461 e. The average molecular weight is 343 g/mol. The van der Waals surface area contributed by atoms with Crippen molar-refractivity contribution in [2.75, 3.05) is 0 Å². The zero-order chi connectivity index (χ0) is 16.4. The molecule has 1 fully saturated rings. The molecule has 2 aliphatic rings. The van der Waals surface area contributed by atoms with Crippen LogP contribution in [-0.2, 0) is 22.5 Å².